The molecule has 0 N–H and O–H groups in total. The zero-order valence-corrected chi connectivity index (χ0v) is 48.2. The molecular formula is C56H87IO11SSi. The van der Waals surface area contributed by atoms with Crippen LogP contribution in [0.25, 0.3) is 0 Å². The van der Waals surface area contributed by atoms with E-state index in [0.717, 1.165) is 49.5 Å². The molecule has 6 rings (SSSR count). The fraction of sp³-hybridized carbons (Fsp3) is 0.750. The summed E-state index contributed by atoms with van der Waals surface area (Å²) in [6.07, 6.45) is 6.65. The van der Waals surface area contributed by atoms with Crippen molar-refractivity contribution in [2.45, 2.75) is 234 Å². The average Bonchev–Trinajstić information content (AvgIpc) is 3.84. The van der Waals surface area contributed by atoms with Crippen molar-refractivity contribution in [3.05, 3.63) is 64.8 Å². The van der Waals surface area contributed by atoms with Crippen LogP contribution in [0.3, 0.4) is 0 Å². The first-order valence-corrected chi connectivity index (χ1v) is 32.1. The maximum atomic E-state index is 15.4. The van der Waals surface area contributed by atoms with Gasteiger partial charge in [-0.25, -0.2) is 8.42 Å². The van der Waals surface area contributed by atoms with Gasteiger partial charge in [0.2, 0.25) is 0 Å². The first kappa shape index (κ1) is 57.7. The number of methoxy groups -OCH3 is 1. The summed E-state index contributed by atoms with van der Waals surface area (Å²) in [5.41, 5.74) is 2.00. The molecule has 0 aromatic heterocycles. The number of ether oxygens (including phenoxy) is 6. The molecule has 70 heavy (non-hydrogen) atoms. The maximum absolute atomic E-state index is 15.4. The number of benzene rings is 1. The van der Waals surface area contributed by atoms with E-state index in [1.165, 1.54) is 0 Å². The van der Waals surface area contributed by atoms with Crippen molar-refractivity contribution < 1.29 is 50.9 Å². The minimum atomic E-state index is -4.28. The Kier molecular flexibility index (Phi) is 20.5. The van der Waals surface area contributed by atoms with Crippen molar-refractivity contribution >= 4 is 52.8 Å². The van der Waals surface area contributed by atoms with Crippen LogP contribution in [0.2, 0.25) is 18.1 Å². The number of aldehydes is 1. The summed E-state index contributed by atoms with van der Waals surface area (Å²) < 4.78 is 80.2. The number of Topliss-reactive ketones (excluding diaryl/α,β-unsaturated/α-hetero) is 1. The van der Waals surface area contributed by atoms with E-state index in [1.807, 2.05) is 4.08 Å². The molecule has 1 aromatic carbocycles. The highest BCUT2D eigenvalue weighted by Crippen LogP contribution is 2.47. The molecule has 0 amide bonds. The van der Waals surface area contributed by atoms with Crippen LogP contribution in [-0.2, 0) is 52.3 Å². The summed E-state index contributed by atoms with van der Waals surface area (Å²) >= 11 is 2.26. The molecule has 0 spiro atoms. The van der Waals surface area contributed by atoms with Crippen LogP contribution in [0.15, 0.2) is 69.7 Å². The molecule has 5 saturated heterocycles. The van der Waals surface area contributed by atoms with Gasteiger partial charge in [-0.2, -0.15) is 0 Å². The smallest absolute Gasteiger partial charge is 0.193 e. The van der Waals surface area contributed by atoms with Crippen LogP contribution in [0.4, 0.5) is 0 Å². The highest BCUT2D eigenvalue weighted by atomic mass is 127. The van der Waals surface area contributed by atoms with Crippen LogP contribution in [-0.4, -0.2) is 114 Å². The summed E-state index contributed by atoms with van der Waals surface area (Å²) in [5, 5.41) is -1.43. The van der Waals surface area contributed by atoms with Gasteiger partial charge in [-0.1, -0.05) is 116 Å². The van der Waals surface area contributed by atoms with Crippen LogP contribution in [0, 0.1) is 29.6 Å². The molecule has 1 aromatic rings. The van der Waals surface area contributed by atoms with Gasteiger partial charge < -0.3 is 37.6 Å². The van der Waals surface area contributed by atoms with Crippen molar-refractivity contribution in [1.29, 1.82) is 0 Å². The number of rotatable bonds is 22. The Bertz CT molecular complexity index is 2060. The first-order valence-electron chi connectivity index (χ1n) is 26.4. The number of hydrogen-bond acceptors (Lipinski definition) is 11. The van der Waals surface area contributed by atoms with E-state index in [2.05, 4.69) is 110 Å². The molecule has 5 aliphatic heterocycles. The summed E-state index contributed by atoms with van der Waals surface area (Å²) in [6.45, 7) is 31.0. The summed E-state index contributed by atoms with van der Waals surface area (Å²) in [6, 6.07) is 8.36. The zero-order valence-electron chi connectivity index (χ0n) is 44.2. The number of carbonyl (C=O) groups excluding carboxylic acids is 2. The van der Waals surface area contributed by atoms with Crippen molar-refractivity contribution in [1.82, 2.24) is 0 Å². The Labute approximate surface area is 436 Å². The molecule has 6 unspecified atom stereocenters. The van der Waals surface area contributed by atoms with Gasteiger partial charge in [-0.15, -0.1) is 0 Å². The fourth-order valence-electron chi connectivity index (χ4n) is 11.6. The van der Waals surface area contributed by atoms with Gasteiger partial charge in [0.25, 0.3) is 0 Å². The van der Waals surface area contributed by atoms with Gasteiger partial charge in [0, 0.05) is 32.3 Å². The Hall–Kier alpha value is -1.60. The third-order valence-electron chi connectivity index (χ3n) is 17.3. The topological polar surface area (TPSA) is 133 Å². The molecule has 5 fully saturated rings. The molecule has 18 atom stereocenters. The van der Waals surface area contributed by atoms with E-state index >= 15 is 13.2 Å². The average molecular weight is 1120 g/mol. The second-order valence-electron chi connectivity index (χ2n) is 23.1. The van der Waals surface area contributed by atoms with Gasteiger partial charge in [-0.05, 0) is 127 Å². The van der Waals surface area contributed by atoms with Crippen molar-refractivity contribution in [2.24, 2.45) is 29.6 Å². The van der Waals surface area contributed by atoms with Gasteiger partial charge in [-0.3, -0.25) is 4.79 Å². The predicted octanol–water partition coefficient (Wildman–Crippen LogP) is 11.8. The maximum Gasteiger partial charge on any atom is 0.193 e. The van der Waals surface area contributed by atoms with Gasteiger partial charge in [0.1, 0.15) is 11.5 Å². The normalized spacial score (nSPS) is 35.7. The largest absolute Gasteiger partial charge is 0.408 e. The van der Waals surface area contributed by atoms with Crippen LogP contribution >= 0.6 is 22.6 Å². The minimum Gasteiger partial charge on any atom is -0.408 e. The van der Waals surface area contributed by atoms with E-state index < -0.39 is 59.8 Å². The van der Waals surface area contributed by atoms with Crippen LogP contribution in [0.5, 0.6) is 0 Å². The lowest BCUT2D eigenvalue weighted by Crippen LogP contribution is -2.58. The molecule has 0 aliphatic carbocycles. The number of sulfone groups is 1. The zero-order chi connectivity index (χ0) is 51.3. The molecule has 14 heteroatoms. The standard InChI is InChI=1S/C56H87IO11SSi/c1-14-34(2)29-50-54(62-11)51(49(66-50)33-48-37(5)35(3)30-41(64-48)22-24-45-36(4)31-40(63-45)19-18-28-58)55(69(60,61)43-20-16-15-17-21-43)44(59)32-42-23-25-46-52(65-42)38(6)39(7)53(67-46)47(26-27-57)68-70(12,13)56(8,9)10/h15-17,20-21,26-28,34-35,38-42,45-55H,4-5,14,18-19,22-25,29-33H2,1-3,6-13H3/b27-26+/t34-,35-,38-,39+,40+,41+,42?,45?,46?,47+,48?,49+,50-,51+,52?,53-,54+,55?/m1/s1. The highest BCUT2D eigenvalue weighted by molar-refractivity contribution is 14.1. The van der Waals surface area contributed by atoms with Crippen molar-refractivity contribution in [2.75, 3.05) is 7.11 Å². The third kappa shape index (κ3) is 13.4. The lowest BCUT2D eigenvalue weighted by Gasteiger charge is -2.51. The van der Waals surface area contributed by atoms with Gasteiger partial charge in [0.15, 0.2) is 23.9 Å². The van der Waals surface area contributed by atoms with Crippen LogP contribution in [0.1, 0.15) is 132 Å². The molecule has 394 valence electrons. The van der Waals surface area contributed by atoms with Crippen molar-refractivity contribution in [3.8, 4) is 0 Å². The summed E-state index contributed by atoms with van der Waals surface area (Å²) in [5.74, 6) is -0.622. The van der Waals surface area contributed by atoms with E-state index in [9.17, 15) is 4.79 Å². The number of hydrogen-bond donors (Lipinski definition) is 0. The lowest BCUT2D eigenvalue weighted by molar-refractivity contribution is -0.237. The molecule has 5 heterocycles. The number of ketones is 1. The fourth-order valence-corrected chi connectivity index (χ4v) is 15.3. The molecular weight excluding hydrogens is 1040 g/mol. The highest BCUT2D eigenvalue weighted by Gasteiger charge is 2.57. The van der Waals surface area contributed by atoms with Crippen LogP contribution < -0.4 is 0 Å². The van der Waals surface area contributed by atoms with Crippen molar-refractivity contribution in [3.63, 3.8) is 0 Å². The Balaban J connectivity index is 1.25. The molecule has 0 radical (unpaired) electrons. The molecule has 5 aliphatic rings. The van der Waals surface area contributed by atoms with E-state index in [0.29, 0.717) is 38.5 Å². The van der Waals surface area contributed by atoms with E-state index in [4.69, 9.17) is 32.8 Å². The van der Waals surface area contributed by atoms with Gasteiger partial charge in [0.05, 0.1) is 78.1 Å². The Morgan fingerprint density at radius 3 is 2.27 bits per heavy atom. The third-order valence-corrected chi connectivity index (χ3v) is 24.3. The predicted molar refractivity (Wildman–Crippen MR) is 287 cm³/mol. The number of halogens is 1. The second-order valence-corrected chi connectivity index (χ2v) is 30.7. The Morgan fingerprint density at radius 2 is 1.63 bits per heavy atom. The molecule has 0 bridgehead atoms. The number of carbonyl (C=O) groups is 2. The molecule has 11 nitrogen and oxygen atoms in total. The Morgan fingerprint density at radius 1 is 0.929 bits per heavy atom. The minimum absolute atomic E-state index is 0.00900. The second kappa shape index (κ2) is 24.8. The summed E-state index contributed by atoms with van der Waals surface area (Å²) in [4.78, 5) is 26.5. The van der Waals surface area contributed by atoms with E-state index in [-0.39, 0.29) is 88.5 Å². The SMILES string of the molecule is C=C1C[C@H](CCC=O)OC1CC[C@H]1C[C@@H](C)C(=C)C(C[C@@H]2O[C@H](C[C@H](C)CC)[C@H](OC)[C@H]2C(C(=O)CC2CCC3O[C@@H]([C@H](/C=C/I)O[Si](C)(C)C(C)(C)C)[C@@H](C)[C@@H](C)C3O2)S(=O)(=O)c2ccccc2)O1. The first-order chi connectivity index (χ1) is 33.0. The van der Waals surface area contributed by atoms with E-state index in [1.54, 1.807) is 37.4 Å². The van der Waals surface area contributed by atoms with Gasteiger partial charge >= 0.3 is 0 Å². The monoisotopic (exact) mass is 1120 g/mol. The lowest BCUT2D eigenvalue weighted by atomic mass is 9.77. The number of fused-ring (bicyclic) bond motifs is 1. The quantitative estimate of drug-likeness (QED) is 0.0476. The molecule has 0 saturated carbocycles. The summed E-state index contributed by atoms with van der Waals surface area (Å²) in [7, 11) is -4.81.